The summed E-state index contributed by atoms with van der Waals surface area (Å²) in [6.07, 6.45) is 3.35. The zero-order valence-corrected chi connectivity index (χ0v) is 43.7. The number of benzene rings is 1. The lowest BCUT2D eigenvalue weighted by molar-refractivity contribution is -0.149. The van der Waals surface area contributed by atoms with Crippen LogP contribution in [0.25, 0.3) is 0 Å². The van der Waals surface area contributed by atoms with E-state index in [1.165, 1.54) is 13.8 Å². The van der Waals surface area contributed by atoms with Gasteiger partial charge in [0.15, 0.2) is 0 Å². The van der Waals surface area contributed by atoms with Crippen molar-refractivity contribution in [3.63, 3.8) is 0 Å². The van der Waals surface area contributed by atoms with E-state index in [1.807, 2.05) is 33.8 Å². The topological polar surface area (TPSA) is 236 Å². The largest absolute Gasteiger partial charge is 0.379 e. The molecular formula is C50H79N9O11. The number of anilines is 1. The van der Waals surface area contributed by atoms with E-state index in [2.05, 4.69) is 21.3 Å². The van der Waals surface area contributed by atoms with Gasteiger partial charge < -0.3 is 45.4 Å². The van der Waals surface area contributed by atoms with Crippen molar-refractivity contribution in [3.05, 3.63) is 42.0 Å². The number of methoxy groups -OCH3 is 2. The molecule has 2 aliphatic heterocycles. The number of hydrogen-bond donors (Lipinski definition) is 4. The third-order valence-corrected chi connectivity index (χ3v) is 13.7. The van der Waals surface area contributed by atoms with Gasteiger partial charge in [0.05, 0.1) is 42.7 Å². The maximum absolute atomic E-state index is 14.3. The Labute approximate surface area is 413 Å². The predicted molar refractivity (Wildman–Crippen MR) is 264 cm³/mol. The Hall–Kier alpha value is -5.73. The van der Waals surface area contributed by atoms with E-state index in [1.54, 1.807) is 94.1 Å². The number of likely N-dealkylation sites (tertiary alicyclic amines) is 1. The SMILES string of the molecule is CC[C@H](C)[C@@H]([C@@H](CC(=O)N1CCC[C@H]1[C@H](OC)[C@@H](C)C(=O)N(C)CCc1cccc(NC(=O)[C@H](C)NC(=O)[C@H](C)NC(=O)CN2C(=O)C=CC2=O)c1)OC)N(C)C(=O)[C@@H](NC(=O)[C@@H](C)N(C)C)C(C)C. The van der Waals surface area contributed by atoms with Crippen LogP contribution in [0.4, 0.5) is 5.69 Å². The molecular weight excluding hydrogens is 903 g/mol. The first kappa shape index (κ1) is 58.6. The van der Waals surface area contributed by atoms with E-state index in [4.69, 9.17) is 9.47 Å². The molecule has 3 rings (SSSR count). The standard InChI is InChI=1S/C50H79N9O11/c1-15-30(4)44(57(12)50(68)43(29(2)3)54-48(66)34(8)55(9)10)38(69-13)27-42(63)58-24-17-20-37(58)45(70-14)31(5)49(67)56(11)25-23-35-18-16-19-36(26-35)53-47(65)33(7)52-46(64)32(6)51-39(60)28-59-40(61)21-22-41(59)62/h16,18-19,21-22,26,29-34,37-38,43-45H,15,17,20,23-25,27-28H2,1-14H3,(H,51,60)(H,52,64)(H,53,65)(H,54,66)/t30-,31+,32-,33-,34+,37-,38+,43-,44-,45+/m0/s1. The summed E-state index contributed by atoms with van der Waals surface area (Å²) in [5.41, 5.74) is 1.30. The molecule has 1 aromatic carbocycles. The molecule has 390 valence electrons. The minimum Gasteiger partial charge on any atom is -0.379 e. The van der Waals surface area contributed by atoms with Crippen LogP contribution in [-0.4, -0.2) is 188 Å². The number of hydrogen-bond acceptors (Lipinski definition) is 12. The Balaban J connectivity index is 1.61. The highest BCUT2D eigenvalue weighted by molar-refractivity contribution is 6.14. The lowest BCUT2D eigenvalue weighted by atomic mass is 9.89. The van der Waals surface area contributed by atoms with E-state index in [-0.39, 0.29) is 47.9 Å². The Kier molecular flexibility index (Phi) is 22.6. The highest BCUT2D eigenvalue weighted by Crippen LogP contribution is 2.30. The van der Waals surface area contributed by atoms with Gasteiger partial charge in [-0.05, 0) is 83.7 Å². The summed E-state index contributed by atoms with van der Waals surface area (Å²) in [5.74, 6) is -4.85. The Morgan fingerprint density at radius 3 is 2.00 bits per heavy atom. The van der Waals surface area contributed by atoms with Crippen molar-refractivity contribution in [2.45, 2.75) is 136 Å². The van der Waals surface area contributed by atoms with Crippen LogP contribution < -0.4 is 21.3 Å². The second kappa shape index (κ2) is 27.0. The van der Waals surface area contributed by atoms with Crippen molar-refractivity contribution in [1.29, 1.82) is 0 Å². The van der Waals surface area contributed by atoms with Crippen molar-refractivity contribution in [2.24, 2.45) is 17.8 Å². The number of rotatable bonds is 26. The molecule has 1 aromatic rings. The normalized spacial score (nSPS) is 18.6. The molecule has 2 aliphatic rings. The Morgan fingerprint density at radius 2 is 1.43 bits per heavy atom. The number of nitrogens with zero attached hydrogens (tertiary/aromatic N) is 5. The van der Waals surface area contributed by atoms with Crippen molar-refractivity contribution in [2.75, 3.05) is 67.4 Å². The first-order valence-corrected chi connectivity index (χ1v) is 24.2. The van der Waals surface area contributed by atoms with Crippen LogP contribution in [-0.2, 0) is 59.0 Å². The van der Waals surface area contributed by atoms with Crippen LogP contribution in [0, 0.1) is 17.8 Å². The van der Waals surface area contributed by atoms with E-state index in [9.17, 15) is 43.2 Å². The van der Waals surface area contributed by atoms with Gasteiger partial charge in [0.1, 0.15) is 24.7 Å². The highest BCUT2D eigenvalue weighted by Gasteiger charge is 2.43. The quantitative estimate of drug-likeness (QED) is 0.0969. The van der Waals surface area contributed by atoms with Crippen molar-refractivity contribution in [1.82, 2.24) is 40.4 Å². The Bertz CT molecular complexity index is 2050. The lowest BCUT2D eigenvalue weighted by Crippen LogP contribution is -2.59. The van der Waals surface area contributed by atoms with Crippen LogP contribution in [0.5, 0.6) is 0 Å². The molecule has 1 fully saturated rings. The van der Waals surface area contributed by atoms with E-state index < -0.39 is 84.4 Å². The fourth-order valence-corrected chi connectivity index (χ4v) is 8.84. The predicted octanol–water partition coefficient (Wildman–Crippen LogP) is 1.57. The van der Waals surface area contributed by atoms with Gasteiger partial charge in [0.25, 0.3) is 11.8 Å². The number of likely N-dealkylation sites (N-methyl/N-ethyl adjacent to an activating group) is 3. The molecule has 0 unspecified atom stereocenters. The van der Waals surface area contributed by atoms with Crippen LogP contribution in [0.2, 0.25) is 0 Å². The molecule has 2 heterocycles. The van der Waals surface area contributed by atoms with Gasteiger partial charge in [0.2, 0.25) is 41.4 Å². The molecule has 0 spiro atoms. The minimum atomic E-state index is -1.06. The molecule has 0 aromatic heterocycles. The van der Waals surface area contributed by atoms with Crippen LogP contribution in [0.1, 0.15) is 86.6 Å². The monoisotopic (exact) mass is 982 g/mol. The van der Waals surface area contributed by atoms with Crippen molar-refractivity contribution < 1.29 is 52.6 Å². The molecule has 4 N–H and O–H groups in total. The molecule has 20 nitrogen and oxygen atoms in total. The Morgan fingerprint density at radius 1 is 0.800 bits per heavy atom. The molecule has 0 aliphatic carbocycles. The summed E-state index contributed by atoms with van der Waals surface area (Å²) in [7, 11) is 10.1. The fourth-order valence-electron chi connectivity index (χ4n) is 8.84. The third-order valence-electron chi connectivity index (χ3n) is 13.7. The molecule has 10 atom stereocenters. The number of carbonyl (C=O) groups is 9. The van der Waals surface area contributed by atoms with Gasteiger partial charge in [-0.15, -0.1) is 0 Å². The fraction of sp³-hybridized carbons (Fsp3) is 0.660. The maximum atomic E-state index is 14.3. The molecule has 9 amide bonds. The van der Waals surface area contributed by atoms with E-state index >= 15 is 0 Å². The summed E-state index contributed by atoms with van der Waals surface area (Å²) < 4.78 is 12.0. The number of carbonyl (C=O) groups excluding carboxylic acids is 9. The summed E-state index contributed by atoms with van der Waals surface area (Å²) in [6, 6.07) is 2.95. The minimum absolute atomic E-state index is 0.00626. The lowest BCUT2D eigenvalue weighted by Gasteiger charge is -2.41. The summed E-state index contributed by atoms with van der Waals surface area (Å²) >= 11 is 0. The third kappa shape index (κ3) is 15.6. The van der Waals surface area contributed by atoms with Gasteiger partial charge >= 0.3 is 0 Å². The van der Waals surface area contributed by atoms with Gasteiger partial charge in [-0.25, -0.2) is 0 Å². The zero-order chi connectivity index (χ0) is 52.7. The van der Waals surface area contributed by atoms with E-state index in [0.29, 0.717) is 38.0 Å². The van der Waals surface area contributed by atoms with E-state index in [0.717, 1.165) is 29.0 Å². The van der Waals surface area contributed by atoms with Crippen LogP contribution in [0.15, 0.2) is 36.4 Å². The summed E-state index contributed by atoms with van der Waals surface area (Å²) in [5, 5.41) is 10.7. The van der Waals surface area contributed by atoms with Crippen LogP contribution in [0.3, 0.4) is 0 Å². The molecule has 70 heavy (non-hydrogen) atoms. The number of amides is 9. The van der Waals surface area contributed by atoms with Crippen molar-refractivity contribution >= 4 is 58.9 Å². The average Bonchev–Trinajstić information content (AvgIpc) is 3.93. The summed E-state index contributed by atoms with van der Waals surface area (Å²) in [6.45, 7) is 14.6. The summed E-state index contributed by atoms with van der Waals surface area (Å²) in [4.78, 5) is 125. The zero-order valence-electron chi connectivity index (χ0n) is 43.7. The molecule has 0 bridgehead atoms. The smallest absolute Gasteiger partial charge is 0.254 e. The second-order valence-electron chi connectivity index (χ2n) is 19.3. The first-order valence-electron chi connectivity index (χ1n) is 24.2. The number of ether oxygens (including phenoxy) is 2. The van der Waals surface area contributed by atoms with Gasteiger partial charge in [-0.3, -0.25) is 53.0 Å². The molecule has 0 saturated carbocycles. The van der Waals surface area contributed by atoms with Gasteiger partial charge in [-0.2, -0.15) is 0 Å². The highest BCUT2D eigenvalue weighted by atomic mass is 16.5. The van der Waals surface area contributed by atoms with Crippen molar-refractivity contribution in [3.8, 4) is 0 Å². The number of nitrogens with one attached hydrogen (secondary N) is 4. The van der Waals surface area contributed by atoms with Crippen LogP contribution >= 0.6 is 0 Å². The molecule has 1 saturated heterocycles. The first-order chi connectivity index (χ1) is 32.9. The molecule has 20 heteroatoms. The second-order valence-corrected chi connectivity index (χ2v) is 19.3. The molecule has 0 radical (unpaired) electrons. The maximum Gasteiger partial charge on any atom is 0.254 e. The average molecular weight is 982 g/mol. The van der Waals surface area contributed by atoms with Gasteiger partial charge in [0, 0.05) is 59.2 Å². The number of imide groups is 1. The van der Waals surface area contributed by atoms with Gasteiger partial charge in [-0.1, -0.05) is 53.2 Å².